The summed E-state index contributed by atoms with van der Waals surface area (Å²) in [6.07, 6.45) is 0.376. The number of halogens is 1. The van der Waals surface area contributed by atoms with Crippen LogP contribution in [0.1, 0.15) is 86.1 Å². The summed E-state index contributed by atoms with van der Waals surface area (Å²) in [6, 6.07) is 79.5. The lowest BCUT2D eigenvalue weighted by Crippen LogP contribution is -2.41. The first-order valence-corrected chi connectivity index (χ1v) is 48.4. The summed E-state index contributed by atoms with van der Waals surface area (Å²) < 4.78 is 97.2. The third kappa shape index (κ3) is 20.9. The Morgan fingerprint density at radius 3 is 1.16 bits per heavy atom. The number of thiophene rings is 1. The van der Waals surface area contributed by atoms with Crippen LogP contribution in [0.2, 0.25) is 0 Å². The van der Waals surface area contributed by atoms with Crippen LogP contribution in [-0.2, 0) is 57.5 Å². The lowest BCUT2D eigenvalue weighted by molar-refractivity contribution is 0.0383. The number of nitriles is 5. The van der Waals surface area contributed by atoms with Gasteiger partial charge in [-0.05, 0) is 175 Å². The van der Waals surface area contributed by atoms with Crippen LogP contribution >= 0.6 is 22.9 Å². The van der Waals surface area contributed by atoms with E-state index < -0.39 is 20.0 Å². The highest BCUT2D eigenvalue weighted by Crippen LogP contribution is 2.44. The van der Waals surface area contributed by atoms with Crippen LogP contribution < -0.4 is 38.4 Å². The molecule has 4 N–H and O–H groups in total. The van der Waals surface area contributed by atoms with Gasteiger partial charge in [0.2, 0.25) is 20.0 Å². The van der Waals surface area contributed by atoms with Crippen molar-refractivity contribution in [2.24, 2.45) is 0 Å². The minimum atomic E-state index is -3.48. The van der Waals surface area contributed by atoms with Gasteiger partial charge in [0.15, 0.2) is 0 Å². The van der Waals surface area contributed by atoms with E-state index in [4.69, 9.17) is 40.0 Å². The number of hydrogen-bond donors (Lipinski definition) is 4. The molecule has 16 aromatic rings. The van der Waals surface area contributed by atoms with E-state index in [2.05, 4.69) is 88.8 Å². The Balaban J connectivity index is 0.000000143. The number of amides is 1. The third-order valence-corrected chi connectivity index (χ3v) is 27.3. The van der Waals surface area contributed by atoms with Crippen molar-refractivity contribution in [3.63, 3.8) is 0 Å². The number of carbonyl (C=O) groups excluding carboxylic acids is 1. The number of morpholine rings is 1. The zero-order valence-electron chi connectivity index (χ0n) is 76.4. The molecule has 0 aliphatic carbocycles. The number of sulfonamides is 2. The Kier molecular flexibility index (Phi) is 31.8. The maximum atomic E-state index is 12.8. The van der Waals surface area contributed by atoms with Crippen molar-refractivity contribution in [3.8, 4) is 120 Å². The zero-order valence-corrected chi connectivity index (χ0v) is 79.6. The average molecular weight is 1870 g/mol. The largest absolute Gasteiger partial charge is 0.508 e. The van der Waals surface area contributed by atoms with Crippen LogP contribution in [0.4, 0.5) is 11.4 Å². The van der Waals surface area contributed by atoms with Crippen LogP contribution in [0.15, 0.2) is 218 Å². The van der Waals surface area contributed by atoms with Crippen molar-refractivity contribution in [2.45, 2.75) is 80.7 Å². The predicted octanol–water partition coefficient (Wildman–Crippen LogP) is 21.2. The van der Waals surface area contributed by atoms with Gasteiger partial charge >= 0.3 is 0 Å². The van der Waals surface area contributed by atoms with Crippen LogP contribution in [0.25, 0.3) is 120 Å². The lowest BCUT2D eigenvalue weighted by Gasteiger charge is -2.26. The fraction of sp³-hybridized carbons (Fsp3) is 0.250. The Hall–Kier alpha value is -14.7. The molecule has 30 heteroatoms. The number of ether oxygens (including phenoxy) is 6. The van der Waals surface area contributed by atoms with Gasteiger partial charge < -0.3 is 61.7 Å². The number of aromatic nitrogens is 5. The number of hydrogen-bond acceptors (Lipinski definition) is 19. The van der Waals surface area contributed by atoms with Crippen molar-refractivity contribution >= 4 is 125 Å². The second-order valence-corrected chi connectivity index (χ2v) is 36.2. The molecule has 1 saturated heterocycles. The quantitative estimate of drug-likeness (QED) is 0.0347. The molecule has 0 bridgehead atoms. The minimum Gasteiger partial charge on any atom is -0.508 e. The number of rotatable bonds is 27. The smallest absolute Gasteiger partial charge is 0.251 e. The Labute approximate surface area is 788 Å². The summed E-state index contributed by atoms with van der Waals surface area (Å²) in [7, 11) is 1.28. The maximum absolute atomic E-state index is 12.8. The minimum absolute atomic E-state index is 0.00428. The molecular formula is C104H103ClN14O12S3. The van der Waals surface area contributed by atoms with E-state index in [0.717, 1.165) is 185 Å². The highest BCUT2D eigenvalue weighted by Gasteiger charge is 2.27. The molecule has 1 amide bonds. The molecule has 10 aromatic carbocycles. The number of aryl methyl sites for hydroxylation is 5. The van der Waals surface area contributed by atoms with Gasteiger partial charge in [-0.1, -0.05) is 66.7 Å². The summed E-state index contributed by atoms with van der Waals surface area (Å²) in [5.41, 5.74) is 16.7. The molecule has 1 aliphatic heterocycles. The molecule has 17 rings (SSSR count). The van der Waals surface area contributed by atoms with Crippen LogP contribution in [0.3, 0.4) is 0 Å². The summed E-state index contributed by atoms with van der Waals surface area (Å²) >= 11 is 7.34. The SMILES string of the molecule is CCn1c(-c2cc3ccccc3s2)c(C#N)c2ccc(OC)cc21.CCn1c(-c2cccc(C(=O)NCCN3CCOCC3)c2)c(C#N)c2ccc(OC)cc21.CCn1c(-c2cccc(NS(=O)(=O)CC)c2)c(C#N)c2ccc(OC)cc21.CCn1c(-c2cccc(NS(=O)(=O)CCCCl)c2)c(C#N)c2ccc(OC)cc21.CCn1c(-c2cccc(O)c2)c(C#N)c2ccc(OC)cc21. The average Bonchev–Trinajstić information content (AvgIpc) is 1.61. The van der Waals surface area contributed by atoms with Gasteiger partial charge in [0.25, 0.3) is 5.91 Å². The van der Waals surface area contributed by atoms with E-state index in [1.807, 2.05) is 182 Å². The van der Waals surface area contributed by atoms with Crippen molar-refractivity contribution in [1.82, 2.24) is 33.1 Å². The van der Waals surface area contributed by atoms with Gasteiger partial charge in [-0.25, -0.2) is 16.8 Å². The Morgan fingerprint density at radius 1 is 0.433 bits per heavy atom. The summed E-state index contributed by atoms with van der Waals surface area (Å²) in [5.74, 6) is 4.05. The van der Waals surface area contributed by atoms with Gasteiger partial charge in [0.05, 0.1) is 149 Å². The number of benzene rings is 10. The number of alkyl halides is 1. The first-order valence-electron chi connectivity index (χ1n) is 43.8. The van der Waals surface area contributed by atoms with E-state index in [9.17, 15) is 53.0 Å². The molecule has 686 valence electrons. The number of aromatic hydroxyl groups is 1. The van der Waals surface area contributed by atoms with E-state index in [1.165, 1.54) is 10.1 Å². The highest BCUT2D eigenvalue weighted by molar-refractivity contribution is 7.92. The first kappa shape index (κ1) is 96.8. The van der Waals surface area contributed by atoms with Gasteiger partial charge in [0, 0.05) is 166 Å². The topological polar surface area (TPSA) is 344 Å². The lowest BCUT2D eigenvalue weighted by atomic mass is 10.0. The van der Waals surface area contributed by atoms with Crippen LogP contribution in [-0.4, -0.2) is 148 Å². The van der Waals surface area contributed by atoms with E-state index in [-0.39, 0.29) is 29.0 Å². The van der Waals surface area contributed by atoms with Gasteiger partial charge in [-0.3, -0.25) is 19.1 Å². The first-order chi connectivity index (χ1) is 65.0. The number of anilines is 2. The summed E-state index contributed by atoms with van der Waals surface area (Å²) in [4.78, 5) is 16.2. The molecule has 26 nitrogen and oxygen atoms in total. The van der Waals surface area contributed by atoms with Crippen LogP contribution in [0.5, 0.6) is 34.5 Å². The molecule has 134 heavy (non-hydrogen) atoms. The molecule has 1 fully saturated rings. The summed E-state index contributed by atoms with van der Waals surface area (Å²) in [6.45, 7) is 20.0. The molecule has 0 spiro atoms. The summed E-state index contributed by atoms with van der Waals surface area (Å²) in [5, 5.41) is 67.4. The van der Waals surface area contributed by atoms with Crippen molar-refractivity contribution in [2.75, 3.05) is 102 Å². The molecular weight excluding hydrogens is 1770 g/mol. The Bertz CT molecular complexity index is 7480. The highest BCUT2D eigenvalue weighted by atomic mass is 35.5. The number of methoxy groups -OCH3 is 5. The molecule has 6 aromatic heterocycles. The van der Waals surface area contributed by atoms with Gasteiger partial charge in [-0.15, -0.1) is 22.9 Å². The normalized spacial score (nSPS) is 11.9. The molecule has 0 saturated carbocycles. The fourth-order valence-corrected chi connectivity index (χ4v) is 20.1. The van der Waals surface area contributed by atoms with E-state index in [0.29, 0.717) is 77.5 Å². The number of phenols is 1. The standard InChI is InChI=1S/C25H28N4O3.C21H22ClN3O3S.C20H21N3O3S.C20H16N2OS.C18H16N2O2/c1-3-29-23-16-20(31-2)7-8-21(23)22(17-26)24(29)18-5-4-6-19(15-18)25(30)27-9-10-28-11-13-32-14-12-28;1-3-25-20-13-17(28-2)8-9-18(20)19(14-23)21(25)15-6-4-7-16(12-15)24-29(26,27)11-5-10-22;1-4-23-19-12-16(26-3)9-10-17(19)18(13-21)20(23)14-7-6-8-15(11-14)22-27(24,25)5-2;1-3-22-17-11-14(23-2)8-9-15(17)16(12-21)20(22)19-10-13-6-4-5-7-18(13)24-19;1-3-20-17-10-14(22-2)7-8-15(17)16(11-19)18(20)12-5-4-6-13(21)9-12/h4-8,15-16H,3,9-14H2,1-2H3,(H,27,30);4,6-9,12-13,24H,3,5,10-11H2,1-2H3;6-12,22H,4-5H2,1-3H3;4-11H,3H2,1-2H3;4-10,21H,3H2,1-2H3. The van der Waals surface area contributed by atoms with Gasteiger partial charge in [0.1, 0.15) is 64.8 Å². The predicted molar refractivity (Wildman–Crippen MR) is 534 cm³/mol. The molecule has 0 atom stereocenters. The number of nitrogens with one attached hydrogen (secondary N) is 3. The van der Waals surface area contributed by atoms with Crippen molar-refractivity contribution < 1.29 is 55.2 Å². The zero-order chi connectivity index (χ0) is 95.5. The number of fused-ring (bicyclic) bond motifs is 6. The maximum Gasteiger partial charge on any atom is 0.251 e. The fourth-order valence-electron chi connectivity index (χ4n) is 16.9. The monoisotopic (exact) mass is 1870 g/mol. The molecule has 0 unspecified atom stereocenters. The van der Waals surface area contributed by atoms with Crippen molar-refractivity contribution in [3.05, 3.63) is 252 Å². The third-order valence-electron chi connectivity index (χ3n) is 23.2. The molecule has 7 heterocycles. The number of phenolic OH excluding ortho intramolecular Hbond substituents is 1. The van der Waals surface area contributed by atoms with E-state index in [1.54, 1.807) is 108 Å². The number of nitrogens with zero attached hydrogens (tertiary/aromatic N) is 11. The molecule has 0 radical (unpaired) electrons. The van der Waals surface area contributed by atoms with Crippen LogP contribution in [0, 0.1) is 56.7 Å². The second-order valence-electron chi connectivity index (χ2n) is 30.9. The Morgan fingerprint density at radius 2 is 0.791 bits per heavy atom. The molecule has 1 aliphatic rings. The number of carbonyl (C=O) groups is 1. The second kappa shape index (κ2) is 44.0. The van der Waals surface area contributed by atoms with E-state index >= 15 is 0 Å². The van der Waals surface area contributed by atoms with Gasteiger partial charge in [-0.2, -0.15) is 26.3 Å². The van der Waals surface area contributed by atoms with Crippen molar-refractivity contribution in [1.29, 1.82) is 26.3 Å².